The van der Waals surface area contributed by atoms with Crippen molar-refractivity contribution in [2.24, 2.45) is 0 Å². The number of hydrogen-bond acceptors (Lipinski definition) is 4. The first-order chi connectivity index (χ1) is 9.35. The van der Waals surface area contributed by atoms with Gasteiger partial charge in [0.05, 0.1) is 5.01 Å². The maximum Gasteiger partial charge on any atom is 0.352 e. The number of aliphatic hydroxyl groups is 1. The number of hydrogen-bond donors (Lipinski definition) is 2. The molecule has 1 aromatic heterocycles. The molecule has 20 heavy (non-hydrogen) atoms. The molecule has 0 spiro atoms. The number of aromatic nitrogens is 1. The van der Waals surface area contributed by atoms with Crippen LogP contribution in [0.15, 0.2) is 5.38 Å². The van der Waals surface area contributed by atoms with Crippen molar-refractivity contribution < 1.29 is 18.7 Å². The molecule has 0 radical (unpaired) electrons. The van der Waals surface area contributed by atoms with Gasteiger partial charge in [0.1, 0.15) is 5.60 Å². The first-order valence-electron chi connectivity index (χ1n) is 6.65. The Kier molecular flexibility index (Phi) is 4.39. The van der Waals surface area contributed by atoms with Gasteiger partial charge in [-0.15, -0.1) is 11.3 Å². The van der Waals surface area contributed by atoms with Gasteiger partial charge in [-0.05, 0) is 32.6 Å². The van der Waals surface area contributed by atoms with E-state index in [9.17, 15) is 18.7 Å². The quantitative estimate of drug-likeness (QED) is 0.791. The van der Waals surface area contributed by atoms with E-state index >= 15 is 0 Å². The molecule has 0 aromatic carbocycles. The lowest BCUT2D eigenvalue weighted by molar-refractivity contribution is -0.215. The van der Waals surface area contributed by atoms with Crippen LogP contribution >= 0.6 is 11.3 Å². The van der Waals surface area contributed by atoms with E-state index in [4.69, 9.17) is 0 Å². The van der Waals surface area contributed by atoms with Crippen LogP contribution in [0.2, 0.25) is 0 Å². The second-order valence-corrected chi connectivity index (χ2v) is 6.14. The fourth-order valence-electron chi connectivity index (χ4n) is 2.11. The molecular formula is C13H18F2N2O2S. The van der Waals surface area contributed by atoms with Crippen LogP contribution in [-0.2, 0) is 11.2 Å². The van der Waals surface area contributed by atoms with Crippen LogP contribution in [0.5, 0.6) is 0 Å². The molecule has 2 N–H and O–H groups in total. The summed E-state index contributed by atoms with van der Waals surface area (Å²) < 4.78 is 27.5. The molecule has 1 aliphatic rings. The standard InChI is InChI=1S/C13H18F2N2O2S/c1-9-8-20-10(17-9)4-2-7-16-11(18)13(14,15)12(19)5-3-6-12/h8,19H,2-7H2,1H3,(H,16,18). The third-order valence-electron chi connectivity index (χ3n) is 3.57. The molecule has 0 unspecified atom stereocenters. The maximum absolute atomic E-state index is 13.7. The first kappa shape index (κ1) is 15.3. The summed E-state index contributed by atoms with van der Waals surface area (Å²) in [6.45, 7) is 2.05. The minimum Gasteiger partial charge on any atom is -0.383 e. The molecule has 1 fully saturated rings. The topological polar surface area (TPSA) is 62.2 Å². The number of rotatable bonds is 6. The Labute approximate surface area is 120 Å². The van der Waals surface area contributed by atoms with Crippen LogP contribution < -0.4 is 5.32 Å². The lowest BCUT2D eigenvalue weighted by atomic mass is 9.75. The molecule has 1 aliphatic carbocycles. The second kappa shape index (κ2) is 5.73. The molecule has 1 aromatic rings. The molecule has 4 nitrogen and oxygen atoms in total. The predicted octanol–water partition coefficient (Wildman–Crippen LogP) is 2.05. The highest BCUT2D eigenvalue weighted by atomic mass is 32.1. The number of halogens is 2. The van der Waals surface area contributed by atoms with Crippen molar-refractivity contribution in [3.05, 3.63) is 16.1 Å². The van der Waals surface area contributed by atoms with Gasteiger partial charge in [-0.2, -0.15) is 8.78 Å². The normalized spacial score (nSPS) is 17.6. The number of nitrogens with one attached hydrogen (secondary N) is 1. The second-order valence-electron chi connectivity index (χ2n) is 5.20. The summed E-state index contributed by atoms with van der Waals surface area (Å²) in [7, 11) is 0. The van der Waals surface area contributed by atoms with E-state index in [2.05, 4.69) is 10.3 Å². The number of carbonyl (C=O) groups excluding carboxylic acids is 1. The zero-order valence-electron chi connectivity index (χ0n) is 11.3. The van der Waals surface area contributed by atoms with Gasteiger partial charge in [0.25, 0.3) is 5.91 Å². The van der Waals surface area contributed by atoms with Gasteiger partial charge in [-0.25, -0.2) is 4.98 Å². The fraction of sp³-hybridized carbons (Fsp3) is 0.692. The van der Waals surface area contributed by atoms with E-state index in [0.29, 0.717) is 19.3 Å². The zero-order chi connectivity index (χ0) is 14.8. The average Bonchev–Trinajstić information content (AvgIpc) is 2.77. The van der Waals surface area contributed by atoms with Gasteiger partial charge < -0.3 is 10.4 Å². The number of aryl methyl sites for hydroxylation is 2. The van der Waals surface area contributed by atoms with Crippen molar-refractivity contribution in [1.82, 2.24) is 10.3 Å². The molecule has 0 saturated heterocycles. The summed E-state index contributed by atoms with van der Waals surface area (Å²) in [4.78, 5) is 15.7. The van der Waals surface area contributed by atoms with E-state index < -0.39 is 17.4 Å². The summed E-state index contributed by atoms with van der Waals surface area (Å²) in [5, 5.41) is 14.7. The predicted molar refractivity (Wildman–Crippen MR) is 71.9 cm³/mol. The molecule has 1 amide bonds. The SMILES string of the molecule is Cc1csc(CCCNC(=O)C(F)(F)C2(O)CCC2)n1. The molecule has 7 heteroatoms. The molecule has 112 valence electrons. The third-order valence-corrected chi connectivity index (χ3v) is 4.60. The van der Waals surface area contributed by atoms with Crippen LogP contribution in [-0.4, -0.2) is 34.1 Å². The van der Waals surface area contributed by atoms with Gasteiger partial charge in [0.15, 0.2) is 0 Å². The summed E-state index contributed by atoms with van der Waals surface area (Å²) in [6, 6.07) is 0. The number of alkyl halides is 2. The van der Waals surface area contributed by atoms with E-state index in [1.165, 1.54) is 11.3 Å². The van der Waals surface area contributed by atoms with Crippen molar-refractivity contribution >= 4 is 17.2 Å². The van der Waals surface area contributed by atoms with E-state index in [0.717, 1.165) is 10.7 Å². The monoisotopic (exact) mass is 304 g/mol. The Morgan fingerprint density at radius 3 is 2.80 bits per heavy atom. The highest BCUT2D eigenvalue weighted by Crippen LogP contribution is 2.44. The van der Waals surface area contributed by atoms with E-state index in [-0.39, 0.29) is 19.4 Å². The number of thiazole rings is 1. The maximum atomic E-state index is 13.7. The fourth-order valence-corrected chi connectivity index (χ4v) is 2.93. The van der Waals surface area contributed by atoms with Crippen LogP contribution in [0.25, 0.3) is 0 Å². The van der Waals surface area contributed by atoms with Crippen LogP contribution in [0.1, 0.15) is 36.4 Å². The average molecular weight is 304 g/mol. The Bertz CT molecular complexity index is 486. The summed E-state index contributed by atoms with van der Waals surface area (Å²) >= 11 is 1.52. The van der Waals surface area contributed by atoms with Crippen molar-refractivity contribution in [2.45, 2.75) is 50.6 Å². The minimum atomic E-state index is -3.71. The van der Waals surface area contributed by atoms with Gasteiger partial charge in [0.2, 0.25) is 0 Å². The van der Waals surface area contributed by atoms with Crippen molar-refractivity contribution in [3.8, 4) is 0 Å². The molecule has 1 heterocycles. The van der Waals surface area contributed by atoms with Crippen molar-refractivity contribution in [2.75, 3.05) is 6.54 Å². The van der Waals surface area contributed by atoms with Crippen molar-refractivity contribution in [1.29, 1.82) is 0 Å². The number of carbonyl (C=O) groups is 1. The molecule has 0 bridgehead atoms. The van der Waals surface area contributed by atoms with Crippen LogP contribution in [0, 0.1) is 6.92 Å². The first-order valence-corrected chi connectivity index (χ1v) is 7.53. The van der Waals surface area contributed by atoms with Gasteiger partial charge >= 0.3 is 5.92 Å². The van der Waals surface area contributed by atoms with E-state index in [1.807, 2.05) is 12.3 Å². The van der Waals surface area contributed by atoms with Crippen LogP contribution in [0.3, 0.4) is 0 Å². The summed E-state index contributed by atoms with van der Waals surface area (Å²) in [5.41, 5.74) is -1.21. The third kappa shape index (κ3) is 2.98. The summed E-state index contributed by atoms with van der Waals surface area (Å²) in [6.07, 6.45) is 1.68. The highest BCUT2D eigenvalue weighted by Gasteiger charge is 2.60. The Morgan fingerprint density at radius 2 is 2.30 bits per heavy atom. The molecule has 2 rings (SSSR count). The van der Waals surface area contributed by atoms with Gasteiger partial charge in [-0.3, -0.25) is 4.79 Å². The van der Waals surface area contributed by atoms with Gasteiger partial charge in [-0.1, -0.05) is 0 Å². The Balaban J connectivity index is 1.75. The highest BCUT2D eigenvalue weighted by molar-refractivity contribution is 7.09. The lowest BCUT2D eigenvalue weighted by Gasteiger charge is -2.41. The molecular weight excluding hydrogens is 286 g/mol. The Hall–Kier alpha value is -1.08. The molecule has 0 atom stereocenters. The van der Waals surface area contributed by atoms with E-state index in [1.54, 1.807) is 0 Å². The Morgan fingerprint density at radius 1 is 1.60 bits per heavy atom. The smallest absolute Gasteiger partial charge is 0.352 e. The molecule has 1 saturated carbocycles. The zero-order valence-corrected chi connectivity index (χ0v) is 12.1. The number of amides is 1. The van der Waals surface area contributed by atoms with Gasteiger partial charge in [0, 0.05) is 24.0 Å². The number of nitrogens with zero attached hydrogens (tertiary/aromatic N) is 1. The largest absolute Gasteiger partial charge is 0.383 e. The lowest BCUT2D eigenvalue weighted by Crippen LogP contribution is -2.60. The minimum absolute atomic E-state index is 0.0220. The summed E-state index contributed by atoms with van der Waals surface area (Å²) in [5.74, 6) is -5.08. The molecule has 0 aliphatic heterocycles. The van der Waals surface area contributed by atoms with Crippen LogP contribution in [0.4, 0.5) is 8.78 Å². The van der Waals surface area contributed by atoms with Crippen molar-refractivity contribution in [3.63, 3.8) is 0 Å².